The molecule has 0 heterocycles. The molecule has 0 aromatic heterocycles. The molecule has 0 N–H and O–H groups in total. The minimum absolute atomic E-state index is 0.404. The Morgan fingerprint density at radius 2 is 1.85 bits per heavy atom. The fourth-order valence-electron chi connectivity index (χ4n) is 0.982. The molecule has 1 nitrogen and oxygen atoms in total. The zero-order chi connectivity index (χ0) is 9.90. The predicted molar refractivity (Wildman–Crippen MR) is 66.1 cm³/mol. The maximum atomic E-state index is 5.47. The van der Waals surface area contributed by atoms with Gasteiger partial charge in [-0.3, -0.25) is 0 Å². The van der Waals surface area contributed by atoms with E-state index >= 15 is 0 Å². The van der Waals surface area contributed by atoms with Crippen LogP contribution in [0, 0.1) is 0 Å². The van der Waals surface area contributed by atoms with E-state index in [1.165, 1.54) is 0 Å². The summed E-state index contributed by atoms with van der Waals surface area (Å²) in [5.41, 5.74) is 1.02. The van der Waals surface area contributed by atoms with E-state index in [1.54, 1.807) is 0 Å². The van der Waals surface area contributed by atoms with Gasteiger partial charge in [-0.25, -0.2) is 0 Å². The average molecular weight is 373 g/mol. The van der Waals surface area contributed by atoms with Crippen molar-refractivity contribution in [3.05, 3.63) is 29.8 Å². The lowest BCUT2D eigenvalue weighted by molar-refractivity contribution is 0.337. The van der Waals surface area contributed by atoms with Gasteiger partial charge >= 0.3 is 0 Å². The summed E-state index contributed by atoms with van der Waals surface area (Å²) in [6, 6.07) is 7.85. The number of benzene rings is 1. The molecule has 0 aliphatic rings. The summed E-state index contributed by atoms with van der Waals surface area (Å²) < 4.78 is 5.07. The number of alkyl halides is 3. The lowest BCUT2D eigenvalue weighted by Crippen LogP contribution is -2.03. The highest BCUT2D eigenvalue weighted by atomic mass is 80.0. The van der Waals surface area contributed by atoms with E-state index in [-0.39, 0.29) is 0 Å². The monoisotopic (exact) mass is 370 g/mol. The van der Waals surface area contributed by atoms with E-state index in [0.717, 1.165) is 11.3 Å². The molecule has 0 fully saturated rings. The van der Waals surface area contributed by atoms with E-state index < -0.39 is 2.14 Å². The molecule has 0 amide bonds. The van der Waals surface area contributed by atoms with Crippen molar-refractivity contribution < 1.29 is 4.74 Å². The van der Waals surface area contributed by atoms with Crippen LogP contribution in [0.2, 0.25) is 0 Å². The maximum Gasteiger partial charge on any atom is 0.163 e. The lowest BCUT2D eigenvalue weighted by atomic mass is 10.2. The first-order valence-electron chi connectivity index (χ1n) is 3.84. The molecule has 0 saturated carbocycles. The molecule has 0 saturated heterocycles. The van der Waals surface area contributed by atoms with Crippen molar-refractivity contribution in [2.24, 2.45) is 0 Å². The van der Waals surface area contributed by atoms with Gasteiger partial charge in [0.1, 0.15) is 5.75 Å². The van der Waals surface area contributed by atoms with E-state index in [9.17, 15) is 0 Å². The summed E-state index contributed by atoms with van der Waals surface area (Å²) >= 11 is 10.4. The normalized spacial score (nSPS) is 11.4. The fraction of sp³-hybridized carbons (Fsp3) is 0.333. The summed E-state index contributed by atoms with van der Waals surface area (Å²) in [4.78, 5) is 0. The van der Waals surface area contributed by atoms with Gasteiger partial charge in [0.05, 0.1) is 6.61 Å². The van der Waals surface area contributed by atoms with E-state index in [2.05, 4.69) is 47.8 Å². The summed E-state index contributed by atoms with van der Waals surface area (Å²) in [5.74, 6) is 0.871. The molecule has 1 aromatic rings. The summed E-state index contributed by atoms with van der Waals surface area (Å²) in [6.45, 7) is 2.63. The molecular formula is C9H9Br3O. The third-order valence-electron chi connectivity index (χ3n) is 1.49. The van der Waals surface area contributed by atoms with Crippen molar-refractivity contribution in [1.82, 2.24) is 0 Å². The molecule has 1 rings (SSSR count). The molecule has 72 valence electrons. The second-order valence-electron chi connectivity index (χ2n) is 2.43. The molecule has 13 heavy (non-hydrogen) atoms. The third kappa shape index (κ3) is 3.26. The number of hydrogen-bond donors (Lipinski definition) is 0. The lowest BCUT2D eigenvalue weighted by Gasteiger charge is -2.16. The minimum Gasteiger partial charge on any atom is -0.493 e. The van der Waals surface area contributed by atoms with Crippen molar-refractivity contribution in [3.63, 3.8) is 0 Å². The van der Waals surface area contributed by atoms with E-state index in [1.807, 2.05) is 31.2 Å². The van der Waals surface area contributed by atoms with Gasteiger partial charge in [0.15, 0.2) is 2.14 Å². The Kier molecular flexibility index (Phi) is 4.26. The van der Waals surface area contributed by atoms with Crippen LogP contribution >= 0.6 is 47.8 Å². The molecule has 4 heteroatoms. The maximum absolute atomic E-state index is 5.47. The summed E-state index contributed by atoms with van der Waals surface area (Å²) in [7, 11) is 0. The van der Waals surface area contributed by atoms with Crippen LogP contribution in [0.15, 0.2) is 24.3 Å². The van der Waals surface area contributed by atoms with Crippen LogP contribution in [0.4, 0.5) is 0 Å². The zero-order valence-corrected chi connectivity index (χ0v) is 11.8. The average Bonchev–Trinajstić information content (AvgIpc) is 2.04. The largest absolute Gasteiger partial charge is 0.493 e. The first-order valence-corrected chi connectivity index (χ1v) is 6.22. The molecule has 0 aliphatic carbocycles. The SMILES string of the molecule is CCOc1ccccc1C(Br)(Br)Br. The van der Waals surface area contributed by atoms with Gasteiger partial charge in [-0.05, 0) is 13.0 Å². The second-order valence-corrected chi connectivity index (χ2v) is 9.19. The predicted octanol–water partition coefficient (Wildman–Crippen LogP) is 4.38. The Hall–Kier alpha value is 0.460. The van der Waals surface area contributed by atoms with Crippen molar-refractivity contribution >= 4 is 47.8 Å². The molecule has 0 spiro atoms. The summed E-state index contributed by atoms with van der Waals surface area (Å²) in [6.07, 6.45) is 0. The second kappa shape index (κ2) is 4.80. The van der Waals surface area contributed by atoms with E-state index in [4.69, 9.17) is 4.74 Å². The third-order valence-corrected chi connectivity index (χ3v) is 2.77. The number of hydrogen-bond acceptors (Lipinski definition) is 1. The van der Waals surface area contributed by atoms with Crippen molar-refractivity contribution in [3.8, 4) is 5.75 Å². The Balaban J connectivity index is 3.05. The molecule has 0 radical (unpaired) electrons. The van der Waals surface area contributed by atoms with Gasteiger partial charge < -0.3 is 4.74 Å². The van der Waals surface area contributed by atoms with Gasteiger partial charge in [-0.2, -0.15) is 0 Å². The smallest absolute Gasteiger partial charge is 0.163 e. The van der Waals surface area contributed by atoms with Crippen LogP contribution in [0.25, 0.3) is 0 Å². The number of para-hydroxylation sites is 1. The van der Waals surface area contributed by atoms with Crippen molar-refractivity contribution in [2.45, 2.75) is 9.07 Å². The number of rotatable bonds is 2. The molecule has 1 aromatic carbocycles. The Morgan fingerprint density at radius 3 is 2.38 bits per heavy atom. The molecule has 0 aliphatic heterocycles. The molecule has 0 atom stereocenters. The van der Waals surface area contributed by atoms with Crippen molar-refractivity contribution in [1.29, 1.82) is 0 Å². The van der Waals surface area contributed by atoms with Crippen LogP contribution < -0.4 is 4.74 Å². The molecule has 0 unspecified atom stereocenters. The van der Waals surface area contributed by atoms with Crippen LogP contribution in [0.5, 0.6) is 5.75 Å². The minimum atomic E-state index is -0.404. The van der Waals surface area contributed by atoms with Gasteiger partial charge in [0.25, 0.3) is 0 Å². The Labute approximate surface area is 103 Å². The zero-order valence-electron chi connectivity index (χ0n) is 7.06. The molecule has 0 bridgehead atoms. The standard InChI is InChI=1S/C9H9Br3O/c1-2-13-8-6-4-3-5-7(8)9(10,11)12/h3-6H,2H2,1H3. The van der Waals surface area contributed by atoms with Crippen LogP contribution in [-0.4, -0.2) is 6.61 Å². The Morgan fingerprint density at radius 1 is 1.23 bits per heavy atom. The highest BCUT2D eigenvalue weighted by molar-refractivity contribution is 9.38. The quantitative estimate of drug-likeness (QED) is 0.700. The van der Waals surface area contributed by atoms with Crippen LogP contribution in [0.1, 0.15) is 12.5 Å². The van der Waals surface area contributed by atoms with Gasteiger partial charge in [-0.15, -0.1) is 0 Å². The van der Waals surface area contributed by atoms with E-state index in [0.29, 0.717) is 6.61 Å². The van der Waals surface area contributed by atoms with Gasteiger partial charge in [-0.1, -0.05) is 66.0 Å². The number of ether oxygens (including phenoxy) is 1. The highest BCUT2D eigenvalue weighted by Crippen LogP contribution is 2.47. The topological polar surface area (TPSA) is 9.23 Å². The van der Waals surface area contributed by atoms with Gasteiger partial charge in [0, 0.05) is 5.56 Å². The first kappa shape index (κ1) is 11.5. The highest BCUT2D eigenvalue weighted by Gasteiger charge is 2.24. The Bertz CT molecular complexity index is 280. The van der Waals surface area contributed by atoms with Gasteiger partial charge in [0.2, 0.25) is 0 Å². The molecular weight excluding hydrogens is 364 g/mol. The fourth-order valence-corrected chi connectivity index (χ4v) is 1.96. The number of halogens is 3. The van der Waals surface area contributed by atoms with Crippen molar-refractivity contribution in [2.75, 3.05) is 6.61 Å². The first-order chi connectivity index (χ1) is 6.05. The summed E-state index contributed by atoms with van der Waals surface area (Å²) in [5, 5.41) is 0. The van der Waals surface area contributed by atoms with Crippen LogP contribution in [0.3, 0.4) is 0 Å². The van der Waals surface area contributed by atoms with Crippen LogP contribution in [-0.2, 0) is 2.14 Å².